The van der Waals surface area contributed by atoms with E-state index in [1.54, 1.807) is 10.7 Å². The Hall–Kier alpha value is -1.83. The van der Waals surface area contributed by atoms with Crippen LogP contribution in [0.1, 0.15) is 45.4 Å². The molecule has 140 valence electrons. The number of imidazole rings is 1. The molecule has 7 nitrogen and oxygen atoms in total. The fraction of sp³-hybridized carbons (Fsp3) is 0.611. The van der Waals surface area contributed by atoms with Crippen LogP contribution >= 0.6 is 15.9 Å². The molecule has 0 bridgehead atoms. The Bertz CT molecular complexity index is 802. The Morgan fingerprint density at radius 3 is 3.00 bits per heavy atom. The number of halogens is 1. The number of anilines is 1. The lowest BCUT2D eigenvalue weighted by molar-refractivity contribution is 0.00508. The van der Waals surface area contributed by atoms with Gasteiger partial charge in [-0.2, -0.15) is 0 Å². The maximum Gasteiger partial charge on any atom is 0.410 e. The van der Waals surface area contributed by atoms with Crippen molar-refractivity contribution in [1.82, 2.24) is 19.5 Å². The number of fused-ring (bicyclic) bond motifs is 1. The van der Waals surface area contributed by atoms with Crippen molar-refractivity contribution in [2.75, 3.05) is 18.4 Å². The van der Waals surface area contributed by atoms with E-state index in [0.717, 1.165) is 61.1 Å². The van der Waals surface area contributed by atoms with Crippen LogP contribution in [0.2, 0.25) is 0 Å². The van der Waals surface area contributed by atoms with Crippen LogP contribution < -0.4 is 5.32 Å². The van der Waals surface area contributed by atoms with Crippen LogP contribution in [-0.4, -0.2) is 50.3 Å². The maximum absolute atomic E-state index is 12.7. The molecule has 2 fully saturated rings. The molecule has 3 heterocycles. The molecule has 1 atom stereocenters. The maximum atomic E-state index is 12.7. The fourth-order valence-corrected chi connectivity index (χ4v) is 4.31. The lowest BCUT2D eigenvalue weighted by atomic mass is 10.1. The number of carbonyl (C=O) groups excluding carboxylic acids is 1. The van der Waals surface area contributed by atoms with Gasteiger partial charge in [-0.3, -0.25) is 0 Å². The van der Waals surface area contributed by atoms with Gasteiger partial charge in [-0.1, -0.05) is 0 Å². The van der Waals surface area contributed by atoms with Crippen LogP contribution in [0.15, 0.2) is 22.9 Å². The fourth-order valence-electron chi connectivity index (χ4n) is 3.94. The van der Waals surface area contributed by atoms with E-state index in [-0.39, 0.29) is 17.7 Å². The molecule has 26 heavy (non-hydrogen) atoms. The molecule has 0 unspecified atom stereocenters. The molecule has 1 aliphatic carbocycles. The van der Waals surface area contributed by atoms with Gasteiger partial charge in [-0.05, 0) is 73.5 Å². The van der Waals surface area contributed by atoms with E-state index in [0.29, 0.717) is 6.54 Å². The van der Waals surface area contributed by atoms with Crippen molar-refractivity contribution in [1.29, 1.82) is 0 Å². The molecule has 1 N–H and O–H groups in total. The second-order valence-electron chi connectivity index (χ2n) is 7.46. The third kappa shape index (κ3) is 3.51. The van der Waals surface area contributed by atoms with Crippen LogP contribution in [0.5, 0.6) is 0 Å². The van der Waals surface area contributed by atoms with Crippen LogP contribution in [0.4, 0.5) is 10.6 Å². The standard InChI is InChI=1S/C18H24BrN5O2/c1-18(8-2-3-9-18)26-17(25)23-10-4-5-13(23)11-20-15-6-7-16-21-12-14(19)24(16)22-15/h6-7,12-13H,2-5,8-11H2,1H3,(H,20,22)/t13-/m0/s1. The van der Waals surface area contributed by atoms with Gasteiger partial charge in [0.2, 0.25) is 0 Å². The third-order valence-electron chi connectivity index (χ3n) is 5.45. The zero-order chi connectivity index (χ0) is 18.1. The van der Waals surface area contributed by atoms with Gasteiger partial charge < -0.3 is 15.0 Å². The molecule has 1 saturated carbocycles. The summed E-state index contributed by atoms with van der Waals surface area (Å²) in [5, 5.41) is 7.88. The van der Waals surface area contributed by atoms with Crippen LogP contribution in [0, 0.1) is 0 Å². The number of aromatic nitrogens is 3. The quantitative estimate of drug-likeness (QED) is 0.811. The predicted molar refractivity (Wildman–Crippen MR) is 102 cm³/mol. The average molecular weight is 422 g/mol. The first-order chi connectivity index (χ1) is 12.5. The summed E-state index contributed by atoms with van der Waals surface area (Å²) in [6.45, 7) is 3.49. The summed E-state index contributed by atoms with van der Waals surface area (Å²) in [5.41, 5.74) is 0.510. The van der Waals surface area contributed by atoms with Crippen molar-refractivity contribution in [2.24, 2.45) is 0 Å². The smallest absolute Gasteiger partial charge is 0.410 e. The molecule has 2 aromatic rings. The van der Waals surface area contributed by atoms with E-state index in [2.05, 4.69) is 38.3 Å². The summed E-state index contributed by atoms with van der Waals surface area (Å²) in [4.78, 5) is 18.8. The first kappa shape index (κ1) is 17.6. The van der Waals surface area contributed by atoms with E-state index < -0.39 is 0 Å². The highest BCUT2D eigenvalue weighted by molar-refractivity contribution is 9.10. The Kier molecular flexibility index (Phi) is 4.77. The normalized spacial score (nSPS) is 22.1. The Balaban J connectivity index is 1.38. The monoisotopic (exact) mass is 421 g/mol. The number of likely N-dealkylation sites (tertiary alicyclic amines) is 1. The molecule has 0 radical (unpaired) electrons. The second-order valence-corrected chi connectivity index (χ2v) is 8.28. The lowest BCUT2D eigenvalue weighted by Gasteiger charge is -2.30. The van der Waals surface area contributed by atoms with Crippen molar-refractivity contribution in [3.8, 4) is 0 Å². The summed E-state index contributed by atoms with van der Waals surface area (Å²) in [6, 6.07) is 3.96. The van der Waals surface area contributed by atoms with E-state index in [1.165, 1.54) is 0 Å². The number of nitrogens with zero attached hydrogens (tertiary/aromatic N) is 4. The van der Waals surface area contributed by atoms with E-state index in [9.17, 15) is 4.79 Å². The minimum absolute atomic E-state index is 0.135. The third-order valence-corrected chi connectivity index (χ3v) is 5.99. The molecule has 2 aromatic heterocycles. The zero-order valence-electron chi connectivity index (χ0n) is 14.9. The molecule has 1 aliphatic heterocycles. The molecule has 1 amide bonds. The first-order valence-corrected chi connectivity index (χ1v) is 10.1. The van der Waals surface area contributed by atoms with Crippen molar-refractivity contribution >= 4 is 33.5 Å². The number of carbonyl (C=O) groups is 1. The van der Waals surface area contributed by atoms with Crippen molar-refractivity contribution in [2.45, 2.75) is 57.1 Å². The molecule has 1 saturated heterocycles. The Morgan fingerprint density at radius 1 is 1.38 bits per heavy atom. The number of amides is 1. The summed E-state index contributed by atoms with van der Waals surface area (Å²) >= 11 is 3.43. The number of hydrogen-bond acceptors (Lipinski definition) is 5. The molecular weight excluding hydrogens is 398 g/mol. The van der Waals surface area contributed by atoms with Crippen LogP contribution in [0.25, 0.3) is 5.65 Å². The highest BCUT2D eigenvalue weighted by Crippen LogP contribution is 2.34. The van der Waals surface area contributed by atoms with Gasteiger partial charge in [0, 0.05) is 13.1 Å². The van der Waals surface area contributed by atoms with Crippen LogP contribution in [-0.2, 0) is 4.74 Å². The van der Waals surface area contributed by atoms with Gasteiger partial charge >= 0.3 is 6.09 Å². The molecule has 2 aliphatic rings. The predicted octanol–water partition coefficient (Wildman–Crippen LogP) is 3.84. The van der Waals surface area contributed by atoms with Crippen LogP contribution in [0.3, 0.4) is 0 Å². The molecule has 8 heteroatoms. The largest absolute Gasteiger partial charge is 0.443 e. The minimum Gasteiger partial charge on any atom is -0.443 e. The second kappa shape index (κ2) is 7.06. The zero-order valence-corrected chi connectivity index (χ0v) is 16.5. The van der Waals surface area contributed by atoms with Gasteiger partial charge in [0.25, 0.3) is 0 Å². The first-order valence-electron chi connectivity index (χ1n) is 9.28. The highest BCUT2D eigenvalue weighted by Gasteiger charge is 2.37. The van der Waals surface area contributed by atoms with Gasteiger partial charge in [0.1, 0.15) is 16.0 Å². The van der Waals surface area contributed by atoms with Gasteiger partial charge in [-0.25, -0.2) is 14.3 Å². The molecular formula is C18H24BrN5O2. The van der Waals surface area contributed by atoms with Crippen molar-refractivity contribution in [3.63, 3.8) is 0 Å². The van der Waals surface area contributed by atoms with Crippen molar-refractivity contribution in [3.05, 3.63) is 22.9 Å². The summed E-state index contributed by atoms with van der Waals surface area (Å²) < 4.78 is 8.41. The SMILES string of the molecule is CC1(OC(=O)N2CCC[C@H]2CNc2ccc3ncc(Br)n3n2)CCCC1. The van der Waals surface area contributed by atoms with E-state index in [1.807, 2.05) is 17.0 Å². The van der Waals surface area contributed by atoms with E-state index >= 15 is 0 Å². The number of hydrogen-bond donors (Lipinski definition) is 1. The number of nitrogens with one attached hydrogen (secondary N) is 1. The van der Waals surface area contributed by atoms with Gasteiger partial charge in [0.05, 0.1) is 12.2 Å². The molecule has 4 rings (SSSR count). The molecule has 0 spiro atoms. The van der Waals surface area contributed by atoms with Gasteiger partial charge in [0.15, 0.2) is 5.65 Å². The van der Waals surface area contributed by atoms with Gasteiger partial charge in [-0.15, -0.1) is 5.10 Å². The Morgan fingerprint density at radius 2 is 2.19 bits per heavy atom. The topological polar surface area (TPSA) is 71.8 Å². The lowest BCUT2D eigenvalue weighted by Crippen LogP contribution is -2.43. The average Bonchev–Trinajstić information content (AvgIpc) is 3.34. The molecule has 0 aromatic carbocycles. The van der Waals surface area contributed by atoms with Crippen molar-refractivity contribution < 1.29 is 9.53 Å². The summed E-state index contributed by atoms with van der Waals surface area (Å²) in [5.74, 6) is 0.763. The number of rotatable bonds is 4. The minimum atomic E-state index is -0.280. The summed E-state index contributed by atoms with van der Waals surface area (Å²) in [7, 11) is 0. The Labute approximate surface area is 161 Å². The van der Waals surface area contributed by atoms with E-state index in [4.69, 9.17) is 4.74 Å². The summed E-state index contributed by atoms with van der Waals surface area (Å²) in [6.07, 6.45) is 7.79. The number of ether oxygens (including phenoxy) is 1. The highest BCUT2D eigenvalue weighted by atomic mass is 79.9.